The van der Waals surface area contributed by atoms with Crippen molar-refractivity contribution in [3.63, 3.8) is 0 Å². The number of hydrogen-bond donors (Lipinski definition) is 0. The van der Waals surface area contributed by atoms with Gasteiger partial charge in [0, 0.05) is 5.41 Å². The topological polar surface area (TPSA) is 55.8 Å². The molecule has 0 radical (unpaired) electrons. The van der Waals surface area contributed by atoms with Crippen LogP contribution in [0, 0.1) is 0 Å². The van der Waals surface area contributed by atoms with Crippen molar-refractivity contribution in [2.45, 2.75) is 16.8 Å². The van der Waals surface area contributed by atoms with E-state index in [1.807, 2.05) is 12.1 Å². The van der Waals surface area contributed by atoms with E-state index in [2.05, 4.69) is 15.9 Å². The lowest BCUT2D eigenvalue weighted by Gasteiger charge is -2.39. The molecule has 2 heterocycles. The van der Waals surface area contributed by atoms with Gasteiger partial charge in [-0.1, -0.05) is 28.1 Å². The van der Waals surface area contributed by atoms with Gasteiger partial charge in [0.15, 0.2) is 0 Å². The molecular formula is C14H12BrNO4S. The summed E-state index contributed by atoms with van der Waals surface area (Å²) in [4.78, 5) is 25.0. The first-order chi connectivity index (χ1) is 10.1. The zero-order valence-corrected chi connectivity index (χ0v) is 13.5. The molecule has 1 aromatic carbocycles. The van der Waals surface area contributed by atoms with Crippen LogP contribution in [0.4, 0.5) is 0 Å². The lowest BCUT2D eigenvalue weighted by Crippen LogP contribution is -2.58. The Kier molecular flexibility index (Phi) is 3.95. The molecule has 1 saturated heterocycles. The Morgan fingerprint density at radius 3 is 2.76 bits per heavy atom. The number of carbonyl (C=O) groups excluding carboxylic acids is 2. The average molecular weight is 370 g/mol. The maximum atomic E-state index is 12.0. The summed E-state index contributed by atoms with van der Waals surface area (Å²) in [6, 6.07) is 7.27. The first kappa shape index (κ1) is 14.5. The molecule has 1 fully saturated rings. The number of esters is 1. The van der Waals surface area contributed by atoms with E-state index >= 15 is 0 Å². The van der Waals surface area contributed by atoms with Crippen molar-refractivity contribution in [2.24, 2.45) is 0 Å². The number of halogens is 1. The first-order valence-electron chi connectivity index (χ1n) is 6.24. The summed E-state index contributed by atoms with van der Waals surface area (Å²) in [6.07, 6.45) is 0. The number of ether oxygens (including phenoxy) is 2. The van der Waals surface area contributed by atoms with Gasteiger partial charge in [-0.3, -0.25) is 9.69 Å². The Morgan fingerprint density at radius 2 is 2.10 bits per heavy atom. The van der Waals surface area contributed by atoms with Crippen molar-refractivity contribution >= 4 is 39.6 Å². The predicted molar refractivity (Wildman–Crippen MR) is 81.8 cm³/mol. The molecule has 1 unspecified atom stereocenters. The van der Waals surface area contributed by atoms with Gasteiger partial charge in [-0.25, -0.2) is 4.79 Å². The van der Waals surface area contributed by atoms with Crippen LogP contribution in [-0.2, 0) is 20.9 Å². The van der Waals surface area contributed by atoms with Crippen molar-refractivity contribution in [1.82, 2.24) is 4.90 Å². The van der Waals surface area contributed by atoms with E-state index in [9.17, 15) is 9.59 Å². The zero-order chi connectivity index (χ0) is 15.0. The van der Waals surface area contributed by atoms with E-state index in [4.69, 9.17) is 9.47 Å². The van der Waals surface area contributed by atoms with Crippen LogP contribution in [0.2, 0.25) is 0 Å². The van der Waals surface area contributed by atoms with Gasteiger partial charge < -0.3 is 9.47 Å². The number of alkyl halides is 1. The summed E-state index contributed by atoms with van der Waals surface area (Å²) >= 11 is 4.73. The molecule has 2 aliphatic heterocycles. The monoisotopic (exact) mass is 369 g/mol. The molecule has 0 spiro atoms. The van der Waals surface area contributed by atoms with E-state index in [-0.39, 0.29) is 22.7 Å². The van der Waals surface area contributed by atoms with Crippen LogP contribution in [0.5, 0.6) is 5.75 Å². The zero-order valence-electron chi connectivity index (χ0n) is 11.1. The van der Waals surface area contributed by atoms with E-state index in [0.717, 1.165) is 11.3 Å². The minimum Gasteiger partial charge on any atom is -0.497 e. The first-order valence-corrected chi connectivity index (χ1v) is 8.10. The van der Waals surface area contributed by atoms with Gasteiger partial charge in [-0.15, -0.1) is 11.8 Å². The Hall–Kier alpha value is -1.47. The minimum absolute atomic E-state index is 0.0268. The molecule has 7 heteroatoms. The molecule has 0 aromatic heterocycles. The second kappa shape index (κ2) is 5.73. The Labute approximate surface area is 134 Å². The average Bonchev–Trinajstić information content (AvgIpc) is 2.93. The van der Waals surface area contributed by atoms with Gasteiger partial charge in [-0.2, -0.15) is 0 Å². The Morgan fingerprint density at radius 1 is 1.38 bits per heavy atom. The highest BCUT2D eigenvalue weighted by Crippen LogP contribution is 2.44. The summed E-state index contributed by atoms with van der Waals surface area (Å²) in [5.41, 5.74) is 1.18. The van der Waals surface area contributed by atoms with Gasteiger partial charge in [-0.05, 0) is 17.7 Å². The highest BCUT2D eigenvalue weighted by Gasteiger charge is 2.52. The van der Waals surface area contributed by atoms with Crippen LogP contribution in [0.3, 0.4) is 0 Å². The molecule has 1 amide bonds. The van der Waals surface area contributed by atoms with Crippen LogP contribution in [-0.4, -0.2) is 34.1 Å². The van der Waals surface area contributed by atoms with Crippen LogP contribution in [0.25, 0.3) is 0 Å². The smallest absolute Gasteiger partial charge is 0.355 e. The molecule has 0 saturated carbocycles. The van der Waals surface area contributed by atoms with Gasteiger partial charge in [0.1, 0.15) is 28.3 Å². The number of fused-ring (bicyclic) bond motifs is 1. The fourth-order valence-corrected chi connectivity index (χ4v) is 4.00. The summed E-state index contributed by atoms with van der Waals surface area (Å²) in [7, 11) is 1.59. The number of rotatable bonds is 4. The highest BCUT2D eigenvalue weighted by molar-refractivity contribution is 9.10. The highest BCUT2D eigenvalue weighted by atomic mass is 79.9. The van der Waals surface area contributed by atoms with Crippen LogP contribution >= 0.6 is 27.7 Å². The number of methoxy groups -OCH3 is 1. The minimum atomic E-state index is -0.478. The third kappa shape index (κ3) is 2.55. The number of thioether (sulfide) groups is 1. The Balaban J connectivity index is 1.58. The number of hydrogen-bond acceptors (Lipinski definition) is 5. The summed E-state index contributed by atoms with van der Waals surface area (Å²) in [5, 5.41) is 1.65. The van der Waals surface area contributed by atoms with Crippen molar-refractivity contribution in [3.05, 3.63) is 40.9 Å². The number of carbonyl (C=O) groups is 2. The molecule has 21 heavy (non-hydrogen) atoms. The van der Waals surface area contributed by atoms with Crippen LogP contribution in [0.1, 0.15) is 5.56 Å². The SMILES string of the molecule is COc1ccc(COC(=O)C2=CS[C@H]3C(Br)C(=O)N23)cc1. The number of nitrogens with zero attached hydrogens (tertiary/aromatic N) is 1. The van der Waals surface area contributed by atoms with Gasteiger partial charge in [0.2, 0.25) is 5.91 Å². The molecule has 3 rings (SSSR count). The molecule has 110 valence electrons. The molecule has 0 N–H and O–H groups in total. The second-order valence-corrected chi connectivity index (χ2v) is 6.54. The number of benzene rings is 1. The molecular weight excluding hydrogens is 358 g/mol. The third-order valence-corrected chi connectivity index (χ3v) is 5.66. The lowest BCUT2D eigenvalue weighted by molar-refractivity contribution is -0.148. The summed E-state index contributed by atoms with van der Waals surface area (Å²) in [5.74, 6) is 0.170. The maximum absolute atomic E-state index is 12.0. The molecule has 0 bridgehead atoms. The quantitative estimate of drug-likeness (QED) is 0.462. The standard InChI is InChI=1S/C14H12BrNO4S/c1-19-9-4-2-8(3-5-9)6-20-14(18)10-7-21-13-11(15)12(17)16(10)13/h2-5,7,11,13H,6H2,1H3/t11?,13-/m0/s1. The van der Waals surface area contributed by atoms with E-state index in [1.165, 1.54) is 16.7 Å². The van der Waals surface area contributed by atoms with Crippen LogP contribution in [0.15, 0.2) is 35.4 Å². The van der Waals surface area contributed by atoms with Crippen molar-refractivity contribution < 1.29 is 19.1 Å². The molecule has 2 aliphatic rings. The molecule has 0 aliphatic carbocycles. The van der Waals surface area contributed by atoms with Crippen molar-refractivity contribution in [2.75, 3.05) is 7.11 Å². The van der Waals surface area contributed by atoms with Gasteiger partial charge in [0.05, 0.1) is 7.11 Å². The number of amides is 1. The van der Waals surface area contributed by atoms with Gasteiger partial charge >= 0.3 is 5.97 Å². The molecule has 5 nitrogen and oxygen atoms in total. The van der Waals surface area contributed by atoms with E-state index in [0.29, 0.717) is 5.70 Å². The van der Waals surface area contributed by atoms with E-state index in [1.54, 1.807) is 24.7 Å². The second-order valence-electron chi connectivity index (χ2n) is 4.56. The normalized spacial score (nSPS) is 23.2. The van der Waals surface area contributed by atoms with Crippen LogP contribution < -0.4 is 4.74 Å². The third-order valence-electron chi connectivity index (χ3n) is 3.29. The maximum Gasteiger partial charge on any atom is 0.355 e. The van der Waals surface area contributed by atoms with E-state index < -0.39 is 5.97 Å². The predicted octanol–water partition coefficient (Wildman–Crippen LogP) is 2.26. The Bertz CT molecular complexity index is 616. The largest absolute Gasteiger partial charge is 0.497 e. The fraction of sp³-hybridized carbons (Fsp3) is 0.286. The molecule has 1 aromatic rings. The fourth-order valence-electron chi connectivity index (χ4n) is 2.10. The van der Waals surface area contributed by atoms with Crippen molar-refractivity contribution in [1.29, 1.82) is 0 Å². The summed E-state index contributed by atoms with van der Waals surface area (Å²) in [6.45, 7) is 0.162. The number of β-lactam (4-membered cyclic amide) rings is 1. The summed E-state index contributed by atoms with van der Waals surface area (Å²) < 4.78 is 10.3. The van der Waals surface area contributed by atoms with Gasteiger partial charge in [0.25, 0.3) is 0 Å². The van der Waals surface area contributed by atoms with Crippen molar-refractivity contribution in [3.8, 4) is 5.75 Å². The lowest BCUT2D eigenvalue weighted by atomic mass is 10.2. The molecule has 2 atom stereocenters.